The third-order valence-electron chi connectivity index (χ3n) is 3.30. The first kappa shape index (κ1) is 14.9. The SMILES string of the molecule is O=C(c1cccnc1)N1CCSc2ccc(C(F)(F)F)cc21. The lowest BCUT2D eigenvalue weighted by molar-refractivity contribution is -0.137. The Hall–Kier alpha value is -2.02. The molecule has 0 saturated carbocycles. The average molecular weight is 324 g/mol. The average Bonchev–Trinajstić information content (AvgIpc) is 2.53. The molecule has 22 heavy (non-hydrogen) atoms. The number of anilines is 1. The van der Waals surface area contributed by atoms with Crippen molar-refractivity contribution >= 4 is 23.4 Å². The summed E-state index contributed by atoms with van der Waals surface area (Å²) in [6.07, 6.45) is -1.48. The largest absolute Gasteiger partial charge is 0.416 e. The number of aromatic nitrogens is 1. The van der Waals surface area contributed by atoms with Crippen molar-refractivity contribution in [1.29, 1.82) is 0 Å². The Bertz CT molecular complexity index is 704. The number of thioether (sulfide) groups is 1. The van der Waals surface area contributed by atoms with E-state index in [4.69, 9.17) is 0 Å². The molecular formula is C15H11F3N2OS. The number of hydrogen-bond acceptors (Lipinski definition) is 3. The maximum atomic E-state index is 12.9. The Morgan fingerprint density at radius 1 is 1.27 bits per heavy atom. The van der Waals surface area contributed by atoms with E-state index in [2.05, 4.69) is 4.98 Å². The van der Waals surface area contributed by atoms with Crippen molar-refractivity contribution in [3.8, 4) is 0 Å². The molecular weight excluding hydrogens is 313 g/mol. The maximum absolute atomic E-state index is 12.9. The van der Waals surface area contributed by atoms with E-state index in [9.17, 15) is 18.0 Å². The number of nitrogens with zero attached hydrogens (tertiary/aromatic N) is 2. The molecule has 0 radical (unpaired) electrons. The summed E-state index contributed by atoms with van der Waals surface area (Å²) in [5.74, 6) is 0.304. The number of carbonyl (C=O) groups is 1. The molecule has 1 aromatic heterocycles. The molecule has 0 atom stereocenters. The van der Waals surface area contributed by atoms with Crippen LogP contribution >= 0.6 is 11.8 Å². The van der Waals surface area contributed by atoms with Crippen molar-refractivity contribution in [2.45, 2.75) is 11.1 Å². The minimum atomic E-state index is -4.43. The van der Waals surface area contributed by atoms with Gasteiger partial charge in [0, 0.05) is 29.6 Å². The van der Waals surface area contributed by atoms with Gasteiger partial charge in [-0.15, -0.1) is 11.8 Å². The van der Waals surface area contributed by atoms with Crippen molar-refractivity contribution < 1.29 is 18.0 Å². The Kier molecular flexibility index (Phi) is 3.82. The first-order valence-electron chi connectivity index (χ1n) is 6.53. The third-order valence-corrected chi connectivity index (χ3v) is 4.35. The van der Waals surface area contributed by atoms with E-state index < -0.39 is 11.7 Å². The highest BCUT2D eigenvalue weighted by atomic mass is 32.2. The van der Waals surface area contributed by atoms with Crippen LogP contribution in [0.4, 0.5) is 18.9 Å². The van der Waals surface area contributed by atoms with E-state index in [-0.39, 0.29) is 5.91 Å². The Labute approximate surface area is 129 Å². The molecule has 0 fully saturated rings. The molecule has 0 aliphatic carbocycles. The number of pyridine rings is 1. The van der Waals surface area contributed by atoms with Crippen LogP contribution in [-0.2, 0) is 6.18 Å². The minimum absolute atomic E-state index is 0.305. The highest BCUT2D eigenvalue weighted by Crippen LogP contribution is 2.40. The zero-order chi connectivity index (χ0) is 15.7. The van der Waals surface area contributed by atoms with Crippen LogP contribution in [0.1, 0.15) is 15.9 Å². The van der Waals surface area contributed by atoms with Gasteiger partial charge in [-0.25, -0.2) is 0 Å². The van der Waals surface area contributed by atoms with Crippen LogP contribution in [0.3, 0.4) is 0 Å². The van der Waals surface area contributed by atoms with Crippen molar-refractivity contribution in [1.82, 2.24) is 4.98 Å². The number of halogens is 3. The monoisotopic (exact) mass is 324 g/mol. The molecule has 1 amide bonds. The number of hydrogen-bond donors (Lipinski definition) is 0. The lowest BCUT2D eigenvalue weighted by atomic mass is 10.1. The Morgan fingerprint density at radius 3 is 2.77 bits per heavy atom. The third kappa shape index (κ3) is 2.81. The van der Waals surface area contributed by atoms with Gasteiger partial charge in [-0.1, -0.05) is 0 Å². The number of fused-ring (bicyclic) bond motifs is 1. The standard InChI is InChI=1S/C15H11F3N2OS/c16-15(17,18)11-3-4-13-12(8-11)20(6-7-22-13)14(21)10-2-1-5-19-9-10/h1-5,8-9H,6-7H2. The van der Waals surface area contributed by atoms with Gasteiger partial charge in [-0.2, -0.15) is 13.2 Å². The molecule has 0 bridgehead atoms. The zero-order valence-corrected chi connectivity index (χ0v) is 12.1. The molecule has 1 aliphatic heterocycles. The zero-order valence-electron chi connectivity index (χ0n) is 11.3. The van der Waals surface area contributed by atoms with Gasteiger partial charge in [0.25, 0.3) is 5.91 Å². The highest BCUT2D eigenvalue weighted by molar-refractivity contribution is 7.99. The fraction of sp³-hybridized carbons (Fsp3) is 0.200. The van der Waals surface area contributed by atoms with Crippen molar-refractivity contribution in [3.63, 3.8) is 0 Å². The van der Waals surface area contributed by atoms with Crippen LogP contribution in [-0.4, -0.2) is 23.2 Å². The van der Waals surface area contributed by atoms with Gasteiger partial charge >= 0.3 is 6.18 Å². The van der Waals surface area contributed by atoms with E-state index in [1.807, 2.05) is 0 Å². The van der Waals surface area contributed by atoms with E-state index in [1.54, 1.807) is 18.3 Å². The quantitative estimate of drug-likeness (QED) is 0.799. The van der Waals surface area contributed by atoms with Gasteiger partial charge < -0.3 is 4.90 Å². The lowest BCUT2D eigenvalue weighted by Gasteiger charge is -2.29. The van der Waals surface area contributed by atoms with E-state index in [1.165, 1.54) is 28.9 Å². The molecule has 0 N–H and O–H groups in total. The van der Waals surface area contributed by atoms with Crippen molar-refractivity contribution in [2.75, 3.05) is 17.2 Å². The molecule has 0 spiro atoms. The Balaban J connectivity index is 2.02. The van der Waals surface area contributed by atoms with E-state index in [0.29, 0.717) is 28.4 Å². The minimum Gasteiger partial charge on any atom is -0.306 e. The first-order chi connectivity index (χ1) is 10.5. The lowest BCUT2D eigenvalue weighted by Crippen LogP contribution is -2.35. The fourth-order valence-corrected chi connectivity index (χ4v) is 3.23. The maximum Gasteiger partial charge on any atom is 0.416 e. The van der Waals surface area contributed by atoms with Crippen LogP contribution in [0.15, 0.2) is 47.6 Å². The van der Waals surface area contributed by atoms with Crippen LogP contribution in [0.25, 0.3) is 0 Å². The van der Waals surface area contributed by atoms with Crippen LogP contribution < -0.4 is 4.90 Å². The summed E-state index contributed by atoms with van der Waals surface area (Å²) in [4.78, 5) is 18.5. The molecule has 1 aliphatic rings. The normalized spacial score (nSPS) is 14.6. The van der Waals surface area contributed by atoms with Crippen LogP contribution in [0.5, 0.6) is 0 Å². The number of rotatable bonds is 1. The Morgan fingerprint density at radius 2 is 2.09 bits per heavy atom. The molecule has 0 saturated heterocycles. The number of amides is 1. The summed E-state index contributed by atoms with van der Waals surface area (Å²) in [5.41, 5.74) is -0.0876. The summed E-state index contributed by atoms with van der Waals surface area (Å²) in [5, 5.41) is 0. The van der Waals surface area contributed by atoms with Crippen molar-refractivity contribution in [3.05, 3.63) is 53.9 Å². The van der Waals surface area contributed by atoms with Gasteiger partial charge in [-0.3, -0.25) is 9.78 Å². The predicted molar refractivity (Wildman–Crippen MR) is 78.1 cm³/mol. The molecule has 1 aromatic carbocycles. The van der Waals surface area contributed by atoms with E-state index in [0.717, 1.165) is 12.1 Å². The van der Waals surface area contributed by atoms with E-state index >= 15 is 0 Å². The van der Waals surface area contributed by atoms with Gasteiger partial charge in [0.2, 0.25) is 0 Å². The second-order valence-electron chi connectivity index (χ2n) is 4.73. The van der Waals surface area contributed by atoms with Crippen LogP contribution in [0, 0.1) is 0 Å². The van der Waals surface area contributed by atoms with Gasteiger partial charge in [-0.05, 0) is 30.3 Å². The fourth-order valence-electron chi connectivity index (χ4n) is 2.25. The molecule has 114 valence electrons. The highest BCUT2D eigenvalue weighted by Gasteiger charge is 2.33. The van der Waals surface area contributed by atoms with Crippen LogP contribution in [0.2, 0.25) is 0 Å². The van der Waals surface area contributed by atoms with Crippen molar-refractivity contribution in [2.24, 2.45) is 0 Å². The summed E-state index contributed by atoms with van der Waals surface area (Å²) in [7, 11) is 0. The smallest absolute Gasteiger partial charge is 0.306 e. The van der Waals surface area contributed by atoms with Gasteiger partial charge in [0.05, 0.1) is 16.8 Å². The summed E-state index contributed by atoms with van der Waals surface area (Å²) < 4.78 is 38.7. The summed E-state index contributed by atoms with van der Waals surface area (Å²) in [6.45, 7) is 0.368. The predicted octanol–water partition coefficient (Wildman–Crippen LogP) is 3.85. The van der Waals surface area contributed by atoms with Gasteiger partial charge in [0.1, 0.15) is 0 Å². The summed E-state index contributed by atoms with van der Waals surface area (Å²) in [6, 6.07) is 6.73. The molecule has 2 heterocycles. The number of carbonyl (C=O) groups excluding carboxylic acids is 1. The molecule has 3 rings (SSSR count). The summed E-state index contributed by atoms with van der Waals surface area (Å²) >= 11 is 1.45. The molecule has 7 heteroatoms. The second-order valence-corrected chi connectivity index (χ2v) is 5.86. The number of alkyl halides is 3. The molecule has 3 nitrogen and oxygen atoms in total. The van der Waals surface area contributed by atoms with Gasteiger partial charge in [0.15, 0.2) is 0 Å². The molecule has 0 unspecified atom stereocenters. The topological polar surface area (TPSA) is 33.2 Å². The number of benzene rings is 1. The second kappa shape index (κ2) is 5.64. The first-order valence-corrected chi connectivity index (χ1v) is 7.51. The molecule has 2 aromatic rings.